The molecule has 3 heteroatoms. The third-order valence-electron chi connectivity index (χ3n) is 2.28. The van der Waals surface area contributed by atoms with Gasteiger partial charge in [0.1, 0.15) is 0 Å². The molecule has 3 nitrogen and oxygen atoms in total. The van der Waals surface area contributed by atoms with Crippen LogP contribution >= 0.6 is 0 Å². The lowest BCUT2D eigenvalue weighted by atomic mass is 10.1. The molecule has 1 unspecified atom stereocenters. The van der Waals surface area contributed by atoms with Gasteiger partial charge in [0.05, 0.1) is 5.69 Å². The highest BCUT2D eigenvalue weighted by atomic mass is 15.3. The molecule has 0 saturated heterocycles. The van der Waals surface area contributed by atoms with E-state index in [4.69, 9.17) is 5.73 Å². The van der Waals surface area contributed by atoms with Crippen molar-refractivity contribution in [1.82, 2.24) is 9.78 Å². The SMILES string of the molecule is CCn1nc(CC(C)N)cc1C(C)C. The van der Waals surface area contributed by atoms with E-state index >= 15 is 0 Å². The van der Waals surface area contributed by atoms with Crippen molar-refractivity contribution in [3.8, 4) is 0 Å². The number of rotatable bonds is 4. The number of aryl methyl sites for hydroxylation is 1. The summed E-state index contributed by atoms with van der Waals surface area (Å²) in [6.45, 7) is 9.46. The van der Waals surface area contributed by atoms with Crippen molar-refractivity contribution < 1.29 is 0 Å². The van der Waals surface area contributed by atoms with Crippen molar-refractivity contribution in [3.63, 3.8) is 0 Å². The Balaban J connectivity index is 2.89. The Kier molecular flexibility index (Phi) is 3.69. The Hall–Kier alpha value is -0.830. The molecule has 0 bridgehead atoms. The minimum Gasteiger partial charge on any atom is -0.328 e. The smallest absolute Gasteiger partial charge is 0.0642 e. The highest BCUT2D eigenvalue weighted by molar-refractivity contribution is 5.14. The van der Waals surface area contributed by atoms with Crippen molar-refractivity contribution in [2.45, 2.75) is 52.6 Å². The summed E-state index contributed by atoms with van der Waals surface area (Å²) >= 11 is 0. The molecule has 0 aliphatic heterocycles. The van der Waals surface area contributed by atoms with Gasteiger partial charge in [-0.2, -0.15) is 5.10 Å². The quantitative estimate of drug-likeness (QED) is 0.797. The van der Waals surface area contributed by atoms with Crippen LogP contribution in [-0.2, 0) is 13.0 Å². The Morgan fingerprint density at radius 1 is 1.43 bits per heavy atom. The highest BCUT2D eigenvalue weighted by Gasteiger charge is 2.10. The lowest BCUT2D eigenvalue weighted by Crippen LogP contribution is -2.18. The summed E-state index contributed by atoms with van der Waals surface area (Å²) in [5.74, 6) is 0.532. The summed E-state index contributed by atoms with van der Waals surface area (Å²) in [6.07, 6.45) is 0.868. The molecule has 0 radical (unpaired) electrons. The van der Waals surface area contributed by atoms with Crippen LogP contribution in [0.25, 0.3) is 0 Å². The molecular weight excluding hydrogens is 174 g/mol. The van der Waals surface area contributed by atoms with Gasteiger partial charge in [-0.05, 0) is 25.8 Å². The van der Waals surface area contributed by atoms with Gasteiger partial charge in [0.2, 0.25) is 0 Å². The molecule has 0 saturated carbocycles. The lowest BCUT2D eigenvalue weighted by Gasteiger charge is -2.06. The minimum atomic E-state index is 0.190. The summed E-state index contributed by atoms with van der Waals surface area (Å²) in [5, 5.41) is 4.53. The zero-order chi connectivity index (χ0) is 10.7. The molecule has 0 fully saturated rings. The summed E-state index contributed by atoms with van der Waals surface area (Å²) in [7, 11) is 0. The van der Waals surface area contributed by atoms with E-state index in [9.17, 15) is 0 Å². The van der Waals surface area contributed by atoms with Gasteiger partial charge in [0.15, 0.2) is 0 Å². The van der Waals surface area contributed by atoms with E-state index in [0.717, 1.165) is 18.7 Å². The fourth-order valence-corrected chi connectivity index (χ4v) is 1.63. The van der Waals surface area contributed by atoms with Gasteiger partial charge >= 0.3 is 0 Å². The van der Waals surface area contributed by atoms with E-state index in [-0.39, 0.29) is 6.04 Å². The van der Waals surface area contributed by atoms with Crippen LogP contribution in [0.5, 0.6) is 0 Å². The van der Waals surface area contributed by atoms with E-state index in [2.05, 4.69) is 36.6 Å². The first-order chi connectivity index (χ1) is 6.54. The molecular formula is C11H21N3. The fourth-order valence-electron chi connectivity index (χ4n) is 1.63. The Morgan fingerprint density at radius 2 is 2.07 bits per heavy atom. The average Bonchev–Trinajstić information content (AvgIpc) is 2.46. The minimum absolute atomic E-state index is 0.190. The first-order valence-electron chi connectivity index (χ1n) is 5.36. The van der Waals surface area contributed by atoms with Crippen LogP contribution in [0.15, 0.2) is 6.07 Å². The molecule has 14 heavy (non-hydrogen) atoms. The topological polar surface area (TPSA) is 43.8 Å². The van der Waals surface area contributed by atoms with Gasteiger partial charge in [-0.15, -0.1) is 0 Å². The van der Waals surface area contributed by atoms with Crippen molar-refractivity contribution in [3.05, 3.63) is 17.5 Å². The molecule has 1 rings (SSSR count). The molecule has 1 atom stereocenters. The van der Waals surface area contributed by atoms with Crippen LogP contribution in [0.1, 0.15) is 45.0 Å². The number of hydrogen-bond acceptors (Lipinski definition) is 2. The number of nitrogens with zero attached hydrogens (tertiary/aromatic N) is 2. The van der Waals surface area contributed by atoms with Crippen LogP contribution in [0.2, 0.25) is 0 Å². The third-order valence-corrected chi connectivity index (χ3v) is 2.28. The highest BCUT2D eigenvalue weighted by Crippen LogP contribution is 2.16. The Bertz CT molecular complexity index is 287. The summed E-state index contributed by atoms with van der Waals surface area (Å²) in [5.41, 5.74) is 8.18. The van der Waals surface area contributed by atoms with Crippen LogP contribution in [0.4, 0.5) is 0 Å². The normalized spacial score (nSPS) is 13.6. The van der Waals surface area contributed by atoms with E-state index in [1.54, 1.807) is 0 Å². The molecule has 0 spiro atoms. The molecule has 2 N–H and O–H groups in total. The molecule has 1 aromatic heterocycles. The van der Waals surface area contributed by atoms with E-state index < -0.39 is 0 Å². The van der Waals surface area contributed by atoms with Gasteiger partial charge in [-0.3, -0.25) is 4.68 Å². The van der Waals surface area contributed by atoms with Gasteiger partial charge in [0.25, 0.3) is 0 Å². The zero-order valence-corrected chi connectivity index (χ0v) is 9.62. The Labute approximate surface area is 86.3 Å². The van der Waals surface area contributed by atoms with Crippen molar-refractivity contribution >= 4 is 0 Å². The molecule has 0 aliphatic rings. The standard InChI is InChI=1S/C11H21N3/c1-5-14-11(8(2)3)7-10(13-14)6-9(4)12/h7-9H,5-6,12H2,1-4H3. The molecule has 80 valence electrons. The second-order valence-electron chi connectivity index (χ2n) is 4.21. The molecule has 0 aliphatic carbocycles. The lowest BCUT2D eigenvalue weighted by molar-refractivity contribution is 0.586. The maximum atomic E-state index is 5.75. The maximum Gasteiger partial charge on any atom is 0.0642 e. The second-order valence-corrected chi connectivity index (χ2v) is 4.21. The molecule has 1 aromatic rings. The molecule has 0 aromatic carbocycles. The van der Waals surface area contributed by atoms with Gasteiger partial charge < -0.3 is 5.73 Å². The first kappa shape index (κ1) is 11.2. The summed E-state index contributed by atoms with van der Waals surface area (Å²) in [6, 6.07) is 2.37. The number of nitrogens with two attached hydrogens (primary N) is 1. The van der Waals surface area contributed by atoms with Crippen LogP contribution in [-0.4, -0.2) is 15.8 Å². The molecule has 0 amide bonds. The zero-order valence-electron chi connectivity index (χ0n) is 9.62. The summed E-state index contributed by atoms with van der Waals surface area (Å²) < 4.78 is 2.07. The van der Waals surface area contributed by atoms with E-state index in [0.29, 0.717) is 5.92 Å². The monoisotopic (exact) mass is 195 g/mol. The van der Waals surface area contributed by atoms with E-state index in [1.807, 2.05) is 6.92 Å². The maximum absolute atomic E-state index is 5.75. The van der Waals surface area contributed by atoms with Crippen LogP contribution < -0.4 is 5.73 Å². The fraction of sp³-hybridized carbons (Fsp3) is 0.727. The second kappa shape index (κ2) is 4.60. The largest absolute Gasteiger partial charge is 0.328 e. The average molecular weight is 195 g/mol. The third kappa shape index (κ3) is 2.58. The first-order valence-corrected chi connectivity index (χ1v) is 5.36. The van der Waals surface area contributed by atoms with Gasteiger partial charge in [-0.1, -0.05) is 13.8 Å². The van der Waals surface area contributed by atoms with Crippen LogP contribution in [0, 0.1) is 0 Å². The van der Waals surface area contributed by atoms with Gasteiger partial charge in [0, 0.05) is 24.7 Å². The predicted molar refractivity (Wildman–Crippen MR) is 59.3 cm³/mol. The summed E-state index contributed by atoms with van der Waals surface area (Å²) in [4.78, 5) is 0. The van der Waals surface area contributed by atoms with Crippen molar-refractivity contribution in [1.29, 1.82) is 0 Å². The van der Waals surface area contributed by atoms with Crippen molar-refractivity contribution in [2.75, 3.05) is 0 Å². The van der Waals surface area contributed by atoms with Crippen molar-refractivity contribution in [2.24, 2.45) is 5.73 Å². The Morgan fingerprint density at radius 3 is 2.43 bits per heavy atom. The predicted octanol–water partition coefficient (Wildman–Crippen LogP) is 1.92. The number of hydrogen-bond donors (Lipinski definition) is 1. The van der Waals surface area contributed by atoms with Crippen LogP contribution in [0.3, 0.4) is 0 Å². The van der Waals surface area contributed by atoms with Gasteiger partial charge in [-0.25, -0.2) is 0 Å². The van der Waals surface area contributed by atoms with E-state index in [1.165, 1.54) is 5.69 Å². The molecule has 1 heterocycles. The number of aromatic nitrogens is 2.